The molecule has 0 radical (unpaired) electrons. The Bertz CT molecular complexity index is 703. The number of rotatable bonds is 4. The molecule has 0 spiro atoms. The topological polar surface area (TPSA) is 53.8 Å². The molecule has 0 aliphatic carbocycles. The van der Waals surface area contributed by atoms with Crippen LogP contribution in [0.15, 0.2) is 23.4 Å². The number of halogens is 6. The van der Waals surface area contributed by atoms with Gasteiger partial charge in [0.1, 0.15) is 17.8 Å². The van der Waals surface area contributed by atoms with Gasteiger partial charge in [0.2, 0.25) is 11.6 Å². The number of nitrogens with zero attached hydrogens (tertiary/aromatic N) is 3. The predicted octanol–water partition coefficient (Wildman–Crippen LogP) is 3.32. The summed E-state index contributed by atoms with van der Waals surface area (Å²) in [7, 11) is 0. The molecule has 0 amide bonds. The first-order valence-corrected chi connectivity index (χ1v) is 7.35. The summed E-state index contributed by atoms with van der Waals surface area (Å²) in [5.41, 5.74) is -0.372. The fraction of sp³-hybridized carbons (Fsp3) is 0.333. The molecule has 0 saturated carbocycles. The van der Waals surface area contributed by atoms with Crippen molar-refractivity contribution in [3.63, 3.8) is 0 Å². The Morgan fingerprint density at radius 1 is 1.30 bits per heavy atom. The highest BCUT2D eigenvalue weighted by molar-refractivity contribution is 7.91. The van der Waals surface area contributed by atoms with E-state index in [1.165, 1.54) is 6.92 Å². The standard InChI is InChI=1S/C12H9F6N3OS/c1-6-2-7(13)8(21-5-19-11(20-21)10(14)15)3-9(6)23(22)4-12(16,17)18/h2-3,5,10H,4H2,1H3. The van der Waals surface area contributed by atoms with Crippen molar-refractivity contribution in [3.8, 4) is 5.69 Å². The summed E-state index contributed by atoms with van der Waals surface area (Å²) in [5.74, 6) is -3.37. The number of hydrogen-bond donors (Lipinski definition) is 0. The Kier molecular flexibility index (Phi) is 4.90. The zero-order valence-electron chi connectivity index (χ0n) is 11.4. The summed E-state index contributed by atoms with van der Waals surface area (Å²) in [6, 6.07) is 1.75. The first-order chi connectivity index (χ1) is 10.6. The molecule has 1 atom stereocenters. The van der Waals surface area contributed by atoms with Gasteiger partial charge in [-0.15, -0.1) is 5.10 Å². The van der Waals surface area contributed by atoms with Crippen LogP contribution in [0.4, 0.5) is 26.3 Å². The van der Waals surface area contributed by atoms with Gasteiger partial charge in [-0.05, 0) is 24.2 Å². The highest BCUT2D eigenvalue weighted by atomic mass is 32.2. The fourth-order valence-electron chi connectivity index (χ4n) is 1.78. The Morgan fingerprint density at radius 3 is 2.48 bits per heavy atom. The number of aromatic nitrogens is 3. The van der Waals surface area contributed by atoms with E-state index in [9.17, 15) is 30.9 Å². The molecule has 1 unspecified atom stereocenters. The van der Waals surface area contributed by atoms with Crippen molar-refractivity contribution in [2.75, 3.05) is 5.75 Å². The van der Waals surface area contributed by atoms with E-state index in [2.05, 4.69) is 10.1 Å². The van der Waals surface area contributed by atoms with Gasteiger partial charge in [-0.2, -0.15) is 13.2 Å². The molecule has 0 aliphatic heterocycles. The molecule has 126 valence electrons. The first-order valence-electron chi connectivity index (χ1n) is 6.04. The van der Waals surface area contributed by atoms with Gasteiger partial charge < -0.3 is 4.55 Å². The summed E-state index contributed by atoms with van der Waals surface area (Å²) < 4.78 is 88.3. The van der Waals surface area contributed by atoms with E-state index in [0.29, 0.717) is 4.68 Å². The van der Waals surface area contributed by atoms with Gasteiger partial charge in [0.15, 0.2) is 4.90 Å². The quantitative estimate of drug-likeness (QED) is 0.623. The van der Waals surface area contributed by atoms with E-state index in [-0.39, 0.29) is 10.5 Å². The number of aryl methyl sites for hydroxylation is 1. The number of hydrogen-bond acceptors (Lipinski definition) is 3. The summed E-state index contributed by atoms with van der Waals surface area (Å²) in [5, 5.41) is 3.34. The molecule has 1 heterocycles. The molecule has 11 heteroatoms. The van der Waals surface area contributed by atoms with E-state index in [4.69, 9.17) is 0 Å². The average molecular weight is 357 g/mol. The van der Waals surface area contributed by atoms with Crippen LogP contribution < -0.4 is 0 Å². The molecule has 2 aromatic rings. The molecule has 0 saturated heterocycles. The van der Waals surface area contributed by atoms with Gasteiger partial charge in [0, 0.05) is 11.6 Å². The minimum Gasteiger partial charge on any atom is -0.611 e. The highest BCUT2D eigenvalue weighted by Gasteiger charge is 2.36. The van der Waals surface area contributed by atoms with Crippen molar-refractivity contribution < 1.29 is 30.9 Å². The van der Waals surface area contributed by atoms with E-state index in [1.54, 1.807) is 0 Å². The highest BCUT2D eigenvalue weighted by Crippen LogP contribution is 2.28. The van der Waals surface area contributed by atoms with Crippen LogP contribution >= 0.6 is 0 Å². The Hall–Kier alpha value is -1.75. The molecule has 0 bridgehead atoms. The zero-order chi connectivity index (χ0) is 17.4. The molecular formula is C12H9F6N3OS. The second-order valence-electron chi connectivity index (χ2n) is 4.52. The minimum absolute atomic E-state index is 0.0445. The van der Waals surface area contributed by atoms with Crippen molar-refractivity contribution in [2.24, 2.45) is 0 Å². The molecule has 0 N–H and O–H groups in total. The largest absolute Gasteiger partial charge is 0.611 e. The van der Waals surface area contributed by atoms with Gasteiger partial charge in [0.05, 0.1) is 0 Å². The maximum atomic E-state index is 13.9. The third-order valence-corrected chi connectivity index (χ3v) is 4.26. The van der Waals surface area contributed by atoms with Gasteiger partial charge in [0.25, 0.3) is 6.43 Å². The van der Waals surface area contributed by atoms with Crippen molar-refractivity contribution >= 4 is 11.2 Å². The average Bonchev–Trinajstić information content (AvgIpc) is 2.86. The summed E-state index contributed by atoms with van der Waals surface area (Å²) in [6.07, 6.45) is -6.85. The van der Waals surface area contributed by atoms with Gasteiger partial charge in [-0.25, -0.2) is 22.8 Å². The monoisotopic (exact) mass is 357 g/mol. The lowest BCUT2D eigenvalue weighted by molar-refractivity contribution is -0.106. The van der Waals surface area contributed by atoms with Gasteiger partial charge >= 0.3 is 6.18 Å². The number of benzene rings is 1. The van der Waals surface area contributed by atoms with Crippen LogP contribution in [0.5, 0.6) is 0 Å². The SMILES string of the molecule is Cc1cc(F)c(-n2cnc(C(F)F)n2)cc1[S+]([O-])CC(F)(F)F. The third-order valence-electron chi connectivity index (χ3n) is 2.74. The molecule has 2 rings (SSSR count). The lowest BCUT2D eigenvalue weighted by Gasteiger charge is -2.15. The lowest BCUT2D eigenvalue weighted by Crippen LogP contribution is -2.23. The van der Waals surface area contributed by atoms with E-state index < -0.39 is 46.9 Å². The van der Waals surface area contributed by atoms with Gasteiger partial charge in [-0.3, -0.25) is 0 Å². The predicted molar refractivity (Wildman–Crippen MR) is 68.3 cm³/mol. The maximum Gasteiger partial charge on any atom is 0.433 e. The smallest absolute Gasteiger partial charge is 0.433 e. The number of alkyl halides is 5. The Balaban J connectivity index is 2.43. The van der Waals surface area contributed by atoms with Crippen LogP contribution in [-0.4, -0.2) is 31.2 Å². The van der Waals surface area contributed by atoms with Crippen LogP contribution in [0.2, 0.25) is 0 Å². The Morgan fingerprint density at radius 2 is 1.96 bits per heavy atom. The Labute approximate surface area is 129 Å². The van der Waals surface area contributed by atoms with Crippen LogP contribution in [0.3, 0.4) is 0 Å². The molecular weight excluding hydrogens is 348 g/mol. The molecule has 0 fully saturated rings. The maximum absolute atomic E-state index is 13.9. The molecule has 4 nitrogen and oxygen atoms in total. The lowest BCUT2D eigenvalue weighted by atomic mass is 10.2. The van der Waals surface area contributed by atoms with Crippen LogP contribution in [-0.2, 0) is 11.2 Å². The first kappa shape index (κ1) is 17.6. The molecule has 1 aromatic carbocycles. The van der Waals surface area contributed by atoms with Crippen LogP contribution in [0, 0.1) is 12.7 Å². The van der Waals surface area contributed by atoms with Crippen molar-refractivity contribution in [1.29, 1.82) is 0 Å². The van der Waals surface area contributed by atoms with Crippen LogP contribution in [0.1, 0.15) is 17.8 Å². The zero-order valence-corrected chi connectivity index (χ0v) is 12.3. The second kappa shape index (κ2) is 6.40. The molecule has 0 aliphatic rings. The second-order valence-corrected chi connectivity index (χ2v) is 5.94. The summed E-state index contributed by atoms with van der Waals surface area (Å²) in [6.45, 7) is 1.29. The van der Waals surface area contributed by atoms with Crippen LogP contribution in [0.25, 0.3) is 5.69 Å². The van der Waals surface area contributed by atoms with Crippen molar-refractivity contribution in [2.45, 2.75) is 24.4 Å². The van der Waals surface area contributed by atoms with E-state index in [1.807, 2.05) is 0 Å². The summed E-state index contributed by atoms with van der Waals surface area (Å²) >= 11 is -2.46. The van der Waals surface area contributed by atoms with E-state index >= 15 is 0 Å². The normalized spacial score (nSPS) is 13.6. The molecule has 1 aromatic heterocycles. The van der Waals surface area contributed by atoms with Crippen molar-refractivity contribution in [1.82, 2.24) is 14.8 Å². The summed E-state index contributed by atoms with van der Waals surface area (Å²) in [4.78, 5) is 3.01. The minimum atomic E-state index is -4.66. The fourth-order valence-corrected chi connectivity index (χ4v) is 2.90. The van der Waals surface area contributed by atoms with Crippen molar-refractivity contribution in [3.05, 3.63) is 35.7 Å². The third kappa shape index (κ3) is 4.16. The van der Waals surface area contributed by atoms with Gasteiger partial charge in [-0.1, -0.05) is 0 Å². The molecule has 23 heavy (non-hydrogen) atoms. The van der Waals surface area contributed by atoms with E-state index in [0.717, 1.165) is 18.5 Å².